The van der Waals surface area contributed by atoms with Gasteiger partial charge < -0.3 is 20.1 Å². The summed E-state index contributed by atoms with van der Waals surface area (Å²) < 4.78 is 33.6. The second kappa shape index (κ2) is 49.2. The highest BCUT2D eigenvalue weighted by Gasteiger charge is 2.25. The first kappa shape index (κ1) is 59.2. The first-order valence-corrected chi connectivity index (χ1v) is 26.8. The summed E-state index contributed by atoms with van der Waals surface area (Å²) in [4.78, 5) is 22.6. The Balaban J connectivity index is 3.96. The maximum atomic E-state index is 12.6. The monoisotopic (exact) mass is 878 g/mol. The molecule has 0 fully saturated rings. The molecule has 0 heterocycles. The highest BCUT2D eigenvalue weighted by atomic mass is 31.2. The molecule has 0 amide bonds. The van der Waals surface area contributed by atoms with Crippen LogP contribution < -0.4 is 5.73 Å². The maximum Gasteiger partial charge on any atom is 0.472 e. The fourth-order valence-electron chi connectivity index (χ4n) is 7.02. The second-order valence-electron chi connectivity index (χ2n) is 16.7. The number of allylic oxidation sites excluding steroid dienone is 10. The van der Waals surface area contributed by atoms with Gasteiger partial charge in [-0.3, -0.25) is 13.8 Å². The van der Waals surface area contributed by atoms with E-state index in [9.17, 15) is 14.3 Å². The molecule has 0 radical (unpaired) electrons. The van der Waals surface area contributed by atoms with Crippen LogP contribution in [-0.4, -0.2) is 49.9 Å². The Morgan fingerprint density at radius 2 is 0.918 bits per heavy atom. The Hall–Kier alpha value is -1.80. The van der Waals surface area contributed by atoms with Crippen LogP contribution in [0.5, 0.6) is 0 Å². The van der Waals surface area contributed by atoms with Gasteiger partial charge in [0.2, 0.25) is 0 Å². The Morgan fingerprint density at radius 1 is 0.508 bits per heavy atom. The molecule has 0 rings (SSSR count). The molecular formula is C52H96NO7P. The molecule has 2 unspecified atom stereocenters. The number of rotatable bonds is 48. The van der Waals surface area contributed by atoms with Crippen molar-refractivity contribution < 1.29 is 32.8 Å². The van der Waals surface area contributed by atoms with Gasteiger partial charge in [-0.2, -0.15) is 0 Å². The first-order valence-electron chi connectivity index (χ1n) is 25.3. The van der Waals surface area contributed by atoms with E-state index in [1.807, 2.05) is 0 Å². The van der Waals surface area contributed by atoms with Crippen molar-refractivity contribution in [1.29, 1.82) is 0 Å². The minimum absolute atomic E-state index is 0.0979. The Morgan fingerprint density at radius 3 is 1.38 bits per heavy atom. The normalized spacial score (nSPS) is 13.8. The van der Waals surface area contributed by atoms with E-state index in [1.165, 1.54) is 135 Å². The van der Waals surface area contributed by atoms with Crippen LogP contribution in [0.3, 0.4) is 0 Å². The number of phosphoric ester groups is 1. The van der Waals surface area contributed by atoms with Gasteiger partial charge >= 0.3 is 13.8 Å². The molecule has 0 aromatic heterocycles. The van der Waals surface area contributed by atoms with Crippen molar-refractivity contribution >= 4 is 13.8 Å². The van der Waals surface area contributed by atoms with Crippen molar-refractivity contribution in [3.63, 3.8) is 0 Å². The number of carbonyl (C=O) groups excluding carboxylic acids is 1. The molecule has 0 saturated carbocycles. The minimum atomic E-state index is -4.29. The molecule has 61 heavy (non-hydrogen) atoms. The third-order valence-corrected chi connectivity index (χ3v) is 11.7. The zero-order valence-corrected chi connectivity index (χ0v) is 40.5. The summed E-state index contributed by atoms with van der Waals surface area (Å²) in [7, 11) is -4.29. The van der Waals surface area contributed by atoms with E-state index in [0.717, 1.165) is 70.6 Å². The summed E-state index contributed by atoms with van der Waals surface area (Å²) in [6.07, 6.45) is 61.1. The molecule has 0 spiro atoms. The Kier molecular flexibility index (Phi) is 47.8. The lowest BCUT2D eigenvalue weighted by Gasteiger charge is -2.20. The van der Waals surface area contributed by atoms with Crippen LogP contribution in [-0.2, 0) is 27.9 Å². The summed E-state index contributed by atoms with van der Waals surface area (Å²) in [6.45, 7) is 4.82. The molecule has 8 nitrogen and oxygen atoms in total. The molecule has 3 N–H and O–H groups in total. The van der Waals surface area contributed by atoms with Gasteiger partial charge in [0, 0.05) is 19.6 Å². The summed E-state index contributed by atoms with van der Waals surface area (Å²) in [5.74, 6) is -0.331. The van der Waals surface area contributed by atoms with Gasteiger partial charge in [-0.15, -0.1) is 0 Å². The van der Waals surface area contributed by atoms with Crippen molar-refractivity contribution in [2.24, 2.45) is 5.73 Å². The molecule has 0 aromatic carbocycles. The van der Waals surface area contributed by atoms with Crippen molar-refractivity contribution in [2.75, 3.05) is 33.0 Å². The van der Waals surface area contributed by atoms with E-state index in [2.05, 4.69) is 74.6 Å². The number of carbonyl (C=O) groups is 1. The maximum absolute atomic E-state index is 12.6. The standard InChI is InChI=1S/C52H96NO7P/c1-3-5-7-9-11-13-15-17-19-21-23-24-25-26-27-28-30-32-34-36-38-40-42-44-47-57-49-51(50-59-61(55,56)58-48-46-53)60-52(54)45-43-41-39-37-35-33-31-29-22-20-18-16-14-12-10-8-6-4-2/h5,7,11,13,17,19,23-24,26-27,51H,3-4,6,8-10,12,14-16,18,20-22,25,28-50,53H2,1-2H3,(H,55,56)/b7-5-,13-11-,19-17-,24-23-,27-26-. The summed E-state index contributed by atoms with van der Waals surface area (Å²) in [5, 5.41) is 0. The molecule has 9 heteroatoms. The average Bonchev–Trinajstić information content (AvgIpc) is 3.25. The van der Waals surface area contributed by atoms with E-state index in [0.29, 0.717) is 13.0 Å². The summed E-state index contributed by atoms with van der Waals surface area (Å²) in [5.41, 5.74) is 5.39. The minimum Gasteiger partial charge on any atom is -0.457 e. The van der Waals surface area contributed by atoms with Gasteiger partial charge in [-0.25, -0.2) is 4.57 Å². The van der Waals surface area contributed by atoms with E-state index in [-0.39, 0.29) is 32.3 Å². The van der Waals surface area contributed by atoms with Gasteiger partial charge in [0.05, 0.1) is 19.8 Å². The largest absolute Gasteiger partial charge is 0.472 e. The second-order valence-corrected chi connectivity index (χ2v) is 18.1. The van der Waals surface area contributed by atoms with Crippen LogP contribution in [0, 0.1) is 0 Å². The van der Waals surface area contributed by atoms with Crippen molar-refractivity contribution in [3.8, 4) is 0 Å². The van der Waals surface area contributed by atoms with Crippen molar-refractivity contribution in [2.45, 2.75) is 232 Å². The lowest BCUT2D eigenvalue weighted by Crippen LogP contribution is -2.28. The molecule has 0 aliphatic rings. The van der Waals surface area contributed by atoms with E-state index in [1.54, 1.807) is 0 Å². The van der Waals surface area contributed by atoms with Crippen LogP contribution in [0.25, 0.3) is 0 Å². The number of nitrogens with two attached hydrogens (primary N) is 1. The van der Waals surface area contributed by atoms with E-state index < -0.39 is 13.9 Å². The number of unbranched alkanes of at least 4 members (excludes halogenated alkanes) is 25. The zero-order valence-electron chi connectivity index (χ0n) is 39.6. The third kappa shape index (κ3) is 49.1. The van der Waals surface area contributed by atoms with Gasteiger partial charge in [-0.05, 0) is 57.8 Å². The van der Waals surface area contributed by atoms with Gasteiger partial charge in [0.25, 0.3) is 0 Å². The molecule has 0 aliphatic heterocycles. The quantitative estimate of drug-likeness (QED) is 0.0269. The van der Waals surface area contributed by atoms with Crippen molar-refractivity contribution in [3.05, 3.63) is 60.8 Å². The number of ether oxygens (including phenoxy) is 2. The van der Waals surface area contributed by atoms with Gasteiger partial charge in [0.15, 0.2) is 0 Å². The number of phosphoric acid groups is 1. The average molecular weight is 878 g/mol. The van der Waals surface area contributed by atoms with Gasteiger partial charge in [0.1, 0.15) is 6.10 Å². The third-order valence-electron chi connectivity index (χ3n) is 10.7. The number of hydrogen-bond donors (Lipinski definition) is 2. The highest BCUT2D eigenvalue weighted by Crippen LogP contribution is 2.43. The lowest BCUT2D eigenvalue weighted by molar-refractivity contribution is -0.154. The first-order chi connectivity index (χ1) is 29.9. The molecule has 0 saturated heterocycles. The van der Waals surface area contributed by atoms with Gasteiger partial charge in [-0.1, -0.05) is 222 Å². The number of hydrogen-bond acceptors (Lipinski definition) is 7. The topological polar surface area (TPSA) is 117 Å². The predicted molar refractivity (Wildman–Crippen MR) is 261 cm³/mol. The zero-order chi connectivity index (χ0) is 44.4. The summed E-state index contributed by atoms with van der Waals surface area (Å²) in [6, 6.07) is 0. The van der Waals surface area contributed by atoms with Crippen LogP contribution >= 0.6 is 7.82 Å². The molecule has 0 aromatic rings. The SMILES string of the molecule is CC/C=C\C/C=C\C/C=C\C/C=C\C/C=C\CCCCCCCCCCOCC(COP(=O)(O)OCCN)OC(=O)CCCCCCCCCCCCCCCCCCCC. The van der Waals surface area contributed by atoms with Crippen LogP contribution in [0.15, 0.2) is 60.8 Å². The molecule has 0 bridgehead atoms. The Labute approximate surface area is 376 Å². The molecule has 0 aliphatic carbocycles. The van der Waals surface area contributed by atoms with E-state index in [4.69, 9.17) is 24.3 Å². The van der Waals surface area contributed by atoms with E-state index >= 15 is 0 Å². The molecule has 356 valence electrons. The van der Waals surface area contributed by atoms with Crippen molar-refractivity contribution in [1.82, 2.24) is 0 Å². The fraction of sp³-hybridized carbons (Fsp3) is 0.788. The molecule has 2 atom stereocenters. The fourth-order valence-corrected chi connectivity index (χ4v) is 7.79. The number of esters is 1. The van der Waals surface area contributed by atoms with Crippen LogP contribution in [0.2, 0.25) is 0 Å². The molecular weight excluding hydrogens is 782 g/mol. The summed E-state index contributed by atoms with van der Waals surface area (Å²) >= 11 is 0. The Bertz CT molecular complexity index is 1120. The van der Waals surface area contributed by atoms with Crippen LogP contribution in [0.4, 0.5) is 0 Å². The van der Waals surface area contributed by atoms with Crippen LogP contribution in [0.1, 0.15) is 226 Å². The predicted octanol–water partition coefficient (Wildman–Crippen LogP) is 15.7. The smallest absolute Gasteiger partial charge is 0.457 e. The lowest BCUT2D eigenvalue weighted by atomic mass is 10.0. The highest BCUT2D eigenvalue weighted by molar-refractivity contribution is 7.47.